The second-order valence-corrected chi connectivity index (χ2v) is 3.50. The summed E-state index contributed by atoms with van der Waals surface area (Å²) in [5.74, 6) is -2.63. The van der Waals surface area contributed by atoms with Crippen LogP contribution in [0.2, 0.25) is 0 Å². The Morgan fingerprint density at radius 3 is 2.73 bits per heavy atom. The number of nitrogens with zero attached hydrogens (tertiary/aromatic N) is 1. The van der Waals surface area contributed by atoms with Gasteiger partial charge in [-0.3, -0.25) is 4.79 Å². The second kappa shape index (κ2) is 5.45. The van der Waals surface area contributed by atoms with Crippen LogP contribution < -0.4 is 10.7 Å². The molecule has 0 saturated carbocycles. The molecule has 3 N–H and O–H groups in total. The molecule has 1 aliphatic heterocycles. The van der Waals surface area contributed by atoms with E-state index in [1.165, 1.54) is 0 Å². The number of piperidine rings is 1. The maximum Gasteiger partial charge on any atom is 0.396 e. The highest BCUT2D eigenvalue weighted by molar-refractivity contribution is 6.31. The van der Waals surface area contributed by atoms with E-state index in [9.17, 15) is 9.59 Å². The van der Waals surface area contributed by atoms with Crippen molar-refractivity contribution in [1.82, 2.24) is 10.7 Å². The summed E-state index contributed by atoms with van der Waals surface area (Å²) < 4.78 is 0. The van der Waals surface area contributed by atoms with E-state index >= 15 is 0 Å². The zero-order valence-electron chi connectivity index (χ0n) is 8.62. The summed E-state index contributed by atoms with van der Waals surface area (Å²) in [7, 11) is 0. The van der Waals surface area contributed by atoms with Gasteiger partial charge in [0.15, 0.2) is 0 Å². The lowest BCUT2D eigenvalue weighted by Gasteiger charge is -2.22. The fourth-order valence-electron chi connectivity index (χ4n) is 1.47. The Morgan fingerprint density at radius 1 is 1.47 bits per heavy atom. The summed E-state index contributed by atoms with van der Waals surface area (Å²) in [4.78, 5) is 20.9. The third-order valence-corrected chi connectivity index (χ3v) is 2.34. The lowest BCUT2D eigenvalue weighted by atomic mass is 10.0. The first-order valence-electron chi connectivity index (χ1n) is 4.92. The number of carboxylic acid groups (broad SMARTS) is 1. The smallest absolute Gasteiger partial charge is 0.396 e. The Morgan fingerprint density at radius 2 is 2.20 bits per heavy atom. The average Bonchev–Trinajstić information content (AvgIpc) is 2.26. The first kappa shape index (κ1) is 11.6. The molecule has 6 nitrogen and oxygen atoms in total. The molecule has 1 unspecified atom stereocenters. The zero-order chi connectivity index (χ0) is 11.3. The van der Waals surface area contributed by atoms with Crippen LogP contribution in [0.3, 0.4) is 0 Å². The Bertz CT molecular complexity index is 282. The highest BCUT2D eigenvalue weighted by Crippen LogP contribution is 2.07. The molecule has 6 heteroatoms. The molecule has 0 radical (unpaired) electrons. The minimum atomic E-state index is -1.52. The normalized spacial score (nSPS) is 22.2. The number of hydrogen-bond donors (Lipinski definition) is 3. The molecule has 1 fully saturated rings. The molecule has 0 aromatic heterocycles. The largest absolute Gasteiger partial charge is 0.474 e. The number of carbonyl (C=O) groups excluding carboxylic acids is 1. The molecule has 1 atom stereocenters. The van der Waals surface area contributed by atoms with Crippen LogP contribution in [0.15, 0.2) is 5.10 Å². The summed E-state index contributed by atoms with van der Waals surface area (Å²) in [5, 5.41) is 15.3. The van der Waals surface area contributed by atoms with E-state index in [4.69, 9.17) is 5.11 Å². The molecule has 1 heterocycles. The summed E-state index contributed by atoms with van der Waals surface area (Å²) in [6.45, 7) is 2.70. The molecule has 0 spiro atoms. The number of carbonyl (C=O) groups is 2. The second-order valence-electron chi connectivity index (χ2n) is 3.50. The molecule has 1 aliphatic rings. The molecular weight excluding hydrogens is 198 g/mol. The van der Waals surface area contributed by atoms with E-state index < -0.39 is 11.9 Å². The number of nitrogens with one attached hydrogen (secondary N) is 2. The van der Waals surface area contributed by atoms with Gasteiger partial charge in [-0.15, -0.1) is 0 Å². The quantitative estimate of drug-likeness (QED) is 0.334. The summed E-state index contributed by atoms with van der Waals surface area (Å²) >= 11 is 0. The standard InChI is InChI=1S/C9H15N3O3/c1-6(7-4-2-3-5-10-7)11-12-8(13)9(14)15/h7,10H,2-5H2,1H3,(H,12,13)(H,14,15). The topological polar surface area (TPSA) is 90.8 Å². The highest BCUT2D eigenvalue weighted by atomic mass is 16.4. The van der Waals surface area contributed by atoms with Gasteiger partial charge in [-0.2, -0.15) is 5.10 Å². The van der Waals surface area contributed by atoms with Gasteiger partial charge < -0.3 is 10.4 Å². The van der Waals surface area contributed by atoms with E-state index in [0.29, 0.717) is 5.71 Å². The number of rotatable bonds is 2. The van der Waals surface area contributed by atoms with Gasteiger partial charge in [0, 0.05) is 6.04 Å². The van der Waals surface area contributed by atoms with Gasteiger partial charge in [0.2, 0.25) is 0 Å². The van der Waals surface area contributed by atoms with Crippen LogP contribution in [0, 0.1) is 0 Å². The molecule has 15 heavy (non-hydrogen) atoms. The predicted molar refractivity (Wildman–Crippen MR) is 54.5 cm³/mol. The van der Waals surface area contributed by atoms with Gasteiger partial charge in [-0.05, 0) is 26.3 Å². The van der Waals surface area contributed by atoms with Crippen LogP contribution in [-0.4, -0.2) is 35.3 Å². The van der Waals surface area contributed by atoms with E-state index in [1.54, 1.807) is 6.92 Å². The third kappa shape index (κ3) is 3.67. The first-order valence-corrected chi connectivity index (χ1v) is 4.92. The highest BCUT2D eigenvalue weighted by Gasteiger charge is 2.16. The number of hydrogen-bond acceptors (Lipinski definition) is 4. The van der Waals surface area contributed by atoms with Gasteiger partial charge in [0.1, 0.15) is 0 Å². The maximum absolute atomic E-state index is 10.7. The van der Waals surface area contributed by atoms with E-state index in [2.05, 4.69) is 10.4 Å². The molecule has 0 aromatic rings. The fraction of sp³-hybridized carbons (Fsp3) is 0.667. The lowest BCUT2D eigenvalue weighted by Crippen LogP contribution is -2.40. The van der Waals surface area contributed by atoms with Crippen LogP contribution in [0.1, 0.15) is 26.2 Å². The van der Waals surface area contributed by atoms with Crippen molar-refractivity contribution in [3.63, 3.8) is 0 Å². The number of hydrazone groups is 1. The zero-order valence-corrected chi connectivity index (χ0v) is 8.62. The monoisotopic (exact) mass is 213 g/mol. The van der Waals surface area contributed by atoms with Crippen LogP contribution in [-0.2, 0) is 9.59 Å². The molecule has 0 bridgehead atoms. The maximum atomic E-state index is 10.7. The summed E-state index contributed by atoms with van der Waals surface area (Å²) in [6, 6.07) is 0.146. The van der Waals surface area contributed by atoms with Crippen molar-refractivity contribution in [3.05, 3.63) is 0 Å². The number of aliphatic carboxylic acids is 1. The van der Waals surface area contributed by atoms with Gasteiger partial charge in [-0.25, -0.2) is 10.2 Å². The SMILES string of the molecule is CC(=NNC(=O)C(=O)O)C1CCCCN1. The van der Waals surface area contributed by atoms with Crippen LogP contribution in [0.4, 0.5) is 0 Å². The molecule has 84 valence electrons. The Balaban J connectivity index is 2.44. The lowest BCUT2D eigenvalue weighted by molar-refractivity contribution is -0.150. The van der Waals surface area contributed by atoms with Crippen LogP contribution in [0.5, 0.6) is 0 Å². The summed E-state index contributed by atoms with van der Waals surface area (Å²) in [5.41, 5.74) is 2.70. The van der Waals surface area contributed by atoms with E-state index in [1.807, 2.05) is 5.43 Å². The Labute approximate surface area is 87.7 Å². The number of carboxylic acids is 1. The van der Waals surface area contributed by atoms with E-state index in [-0.39, 0.29) is 6.04 Å². The van der Waals surface area contributed by atoms with Crippen molar-refractivity contribution in [2.75, 3.05) is 6.54 Å². The Hall–Kier alpha value is -1.43. The van der Waals surface area contributed by atoms with Gasteiger partial charge >= 0.3 is 11.9 Å². The van der Waals surface area contributed by atoms with Crippen LogP contribution >= 0.6 is 0 Å². The fourth-order valence-corrected chi connectivity index (χ4v) is 1.47. The minimum Gasteiger partial charge on any atom is -0.474 e. The first-order chi connectivity index (χ1) is 7.11. The average molecular weight is 213 g/mol. The van der Waals surface area contributed by atoms with Gasteiger partial charge in [-0.1, -0.05) is 6.42 Å². The van der Waals surface area contributed by atoms with Gasteiger partial charge in [0.05, 0.1) is 5.71 Å². The van der Waals surface area contributed by atoms with Crippen molar-refractivity contribution in [2.24, 2.45) is 5.10 Å². The van der Waals surface area contributed by atoms with E-state index in [0.717, 1.165) is 25.8 Å². The minimum absolute atomic E-state index is 0.146. The van der Waals surface area contributed by atoms with Crippen molar-refractivity contribution >= 4 is 17.6 Å². The predicted octanol–water partition coefficient (Wildman–Crippen LogP) is -0.295. The van der Waals surface area contributed by atoms with Gasteiger partial charge in [0.25, 0.3) is 0 Å². The molecular formula is C9H15N3O3. The van der Waals surface area contributed by atoms with Crippen LogP contribution in [0.25, 0.3) is 0 Å². The Kier molecular flexibility index (Phi) is 4.23. The molecule has 0 aliphatic carbocycles. The molecule has 1 amide bonds. The molecule has 1 saturated heterocycles. The molecule has 0 aromatic carbocycles. The van der Waals surface area contributed by atoms with Crippen molar-refractivity contribution in [1.29, 1.82) is 0 Å². The van der Waals surface area contributed by atoms with Crippen molar-refractivity contribution < 1.29 is 14.7 Å². The molecule has 1 rings (SSSR count). The summed E-state index contributed by atoms with van der Waals surface area (Å²) in [6.07, 6.45) is 3.24. The third-order valence-electron chi connectivity index (χ3n) is 2.34. The number of amides is 1. The van der Waals surface area contributed by atoms with Crippen molar-refractivity contribution in [3.8, 4) is 0 Å². The van der Waals surface area contributed by atoms with Crippen molar-refractivity contribution in [2.45, 2.75) is 32.2 Å².